The molecule has 2 unspecified atom stereocenters. The molecule has 5 nitrogen and oxygen atoms in total. The van der Waals surface area contributed by atoms with Gasteiger partial charge < -0.3 is 13.6 Å². The topological polar surface area (TPSA) is 61.8 Å². The first kappa shape index (κ1) is 28.0. The molecule has 2 rings (SSSR count). The van der Waals surface area contributed by atoms with Gasteiger partial charge in [-0.3, -0.25) is 9.59 Å². The van der Waals surface area contributed by atoms with Gasteiger partial charge in [0.1, 0.15) is 11.9 Å². The number of benzene rings is 1. The third-order valence-corrected chi connectivity index (χ3v) is 7.54. The van der Waals surface area contributed by atoms with Crippen molar-refractivity contribution in [2.75, 3.05) is 6.61 Å². The van der Waals surface area contributed by atoms with E-state index >= 15 is 0 Å². The van der Waals surface area contributed by atoms with Gasteiger partial charge in [-0.05, 0) is 76.8 Å². The first-order valence-electron chi connectivity index (χ1n) is 11.9. The minimum atomic E-state index is -1.75. The SMILES string of the molecule is C[Si](C)(C)OCC(=O)CCCCCC(Oc1ccccc1S)C1=CC(O[Si](C)(C)C)CC1=O. The van der Waals surface area contributed by atoms with Crippen LogP contribution in [0.25, 0.3) is 0 Å². The molecular formula is C25H40O5SSi2. The second-order valence-electron chi connectivity index (χ2n) is 10.6. The fourth-order valence-corrected chi connectivity index (χ4v) is 5.52. The van der Waals surface area contributed by atoms with Crippen molar-refractivity contribution in [2.45, 2.75) is 94.9 Å². The molecule has 0 radical (unpaired) electrons. The number of para-hydroxylation sites is 1. The van der Waals surface area contributed by atoms with Crippen LogP contribution in [0, 0.1) is 0 Å². The molecule has 0 fully saturated rings. The smallest absolute Gasteiger partial charge is 0.184 e. The fraction of sp³-hybridized carbons (Fsp3) is 0.600. The highest BCUT2D eigenvalue weighted by molar-refractivity contribution is 7.80. The van der Waals surface area contributed by atoms with Crippen molar-refractivity contribution in [3.63, 3.8) is 0 Å². The zero-order chi connectivity index (χ0) is 24.6. The van der Waals surface area contributed by atoms with Gasteiger partial charge in [0.15, 0.2) is 28.2 Å². The molecule has 0 bridgehead atoms. The Hall–Kier alpha value is -1.20. The Morgan fingerprint density at radius 2 is 1.76 bits per heavy atom. The van der Waals surface area contributed by atoms with Gasteiger partial charge in [0.25, 0.3) is 0 Å². The molecule has 1 aliphatic carbocycles. The lowest BCUT2D eigenvalue weighted by atomic mass is 10.0. The number of ether oxygens (including phenoxy) is 1. The molecule has 0 amide bonds. The van der Waals surface area contributed by atoms with E-state index in [1.165, 1.54) is 0 Å². The Bertz CT molecular complexity index is 842. The third-order valence-electron chi connectivity index (χ3n) is 5.15. The van der Waals surface area contributed by atoms with Gasteiger partial charge in [0.2, 0.25) is 0 Å². The predicted octanol–water partition coefficient (Wildman–Crippen LogP) is 6.21. The average molecular weight is 509 g/mol. The van der Waals surface area contributed by atoms with Crippen LogP contribution in [-0.2, 0) is 18.4 Å². The van der Waals surface area contributed by atoms with E-state index < -0.39 is 16.6 Å². The standard InChI is InChI=1S/C25H40O5SSi2/c1-32(2,3)28-18-19(26)12-8-7-9-13-23(29-24-14-10-11-15-25(24)31)21-16-20(17-22(21)27)30-33(4,5)6/h10-11,14-16,20,23,31H,7-9,12-13,17-18H2,1-6H3. The molecule has 0 spiro atoms. The van der Waals surface area contributed by atoms with Crippen LogP contribution in [0.2, 0.25) is 39.3 Å². The summed E-state index contributed by atoms with van der Waals surface area (Å²) in [6.07, 6.45) is 5.66. The molecule has 0 N–H and O–H groups in total. The van der Waals surface area contributed by atoms with Crippen LogP contribution in [-0.4, -0.2) is 47.0 Å². The molecule has 184 valence electrons. The highest BCUT2D eigenvalue weighted by Gasteiger charge is 2.33. The number of carbonyl (C=O) groups is 2. The van der Waals surface area contributed by atoms with Crippen molar-refractivity contribution >= 4 is 40.8 Å². The molecule has 1 aromatic carbocycles. The predicted molar refractivity (Wildman–Crippen MR) is 141 cm³/mol. The first-order valence-corrected chi connectivity index (χ1v) is 19.1. The van der Waals surface area contributed by atoms with Gasteiger partial charge in [-0.25, -0.2) is 0 Å². The maximum absolute atomic E-state index is 12.8. The van der Waals surface area contributed by atoms with Crippen LogP contribution >= 0.6 is 12.6 Å². The summed E-state index contributed by atoms with van der Waals surface area (Å²) in [7, 11) is -3.42. The molecule has 0 aliphatic heterocycles. The van der Waals surface area contributed by atoms with Crippen molar-refractivity contribution in [3.05, 3.63) is 35.9 Å². The Labute approximate surface area is 206 Å². The number of unbranched alkanes of at least 4 members (excludes halogenated alkanes) is 2. The van der Waals surface area contributed by atoms with E-state index in [2.05, 4.69) is 51.9 Å². The summed E-state index contributed by atoms with van der Waals surface area (Å²) in [5, 5.41) is 0. The largest absolute Gasteiger partial charge is 0.484 e. The minimum absolute atomic E-state index is 0.0959. The Balaban J connectivity index is 1.96. The molecule has 8 heteroatoms. The van der Waals surface area contributed by atoms with Crippen molar-refractivity contribution in [1.82, 2.24) is 0 Å². The van der Waals surface area contributed by atoms with Crippen molar-refractivity contribution < 1.29 is 23.2 Å². The zero-order valence-electron chi connectivity index (χ0n) is 21.0. The van der Waals surface area contributed by atoms with E-state index in [9.17, 15) is 9.59 Å². The highest BCUT2D eigenvalue weighted by Crippen LogP contribution is 2.31. The van der Waals surface area contributed by atoms with Crippen LogP contribution in [0.4, 0.5) is 0 Å². The van der Waals surface area contributed by atoms with E-state index in [4.69, 9.17) is 13.6 Å². The van der Waals surface area contributed by atoms with Gasteiger partial charge in [0, 0.05) is 23.3 Å². The molecule has 0 aromatic heterocycles. The lowest BCUT2D eigenvalue weighted by molar-refractivity contribution is -0.121. The Morgan fingerprint density at radius 1 is 1.06 bits per heavy atom. The molecule has 0 heterocycles. The van der Waals surface area contributed by atoms with Crippen LogP contribution in [0.3, 0.4) is 0 Å². The Morgan fingerprint density at radius 3 is 2.39 bits per heavy atom. The van der Waals surface area contributed by atoms with Gasteiger partial charge in [0.05, 0.1) is 12.7 Å². The van der Waals surface area contributed by atoms with Crippen LogP contribution in [0.15, 0.2) is 40.8 Å². The molecule has 1 aliphatic rings. The van der Waals surface area contributed by atoms with Gasteiger partial charge >= 0.3 is 0 Å². The van der Waals surface area contributed by atoms with E-state index in [1.54, 1.807) is 0 Å². The van der Waals surface area contributed by atoms with Gasteiger partial charge in [-0.2, -0.15) is 0 Å². The van der Waals surface area contributed by atoms with E-state index in [0.29, 0.717) is 30.6 Å². The molecule has 2 atom stereocenters. The summed E-state index contributed by atoms with van der Waals surface area (Å²) in [5.41, 5.74) is 0.703. The number of hydrogen-bond acceptors (Lipinski definition) is 6. The maximum atomic E-state index is 12.8. The third kappa shape index (κ3) is 10.7. The number of Topliss-reactive ketones (excluding diaryl/α,β-unsaturated/α-hetero) is 2. The molecule has 1 aromatic rings. The maximum Gasteiger partial charge on any atom is 0.184 e. The summed E-state index contributed by atoms with van der Waals surface area (Å²) in [6, 6.07) is 7.57. The van der Waals surface area contributed by atoms with Crippen molar-refractivity contribution in [3.8, 4) is 5.75 Å². The highest BCUT2D eigenvalue weighted by atomic mass is 32.1. The van der Waals surface area contributed by atoms with Crippen molar-refractivity contribution in [1.29, 1.82) is 0 Å². The second kappa shape index (κ2) is 12.5. The van der Waals surface area contributed by atoms with Crippen molar-refractivity contribution in [2.24, 2.45) is 0 Å². The van der Waals surface area contributed by atoms with Crippen LogP contribution < -0.4 is 4.74 Å². The first-order chi connectivity index (χ1) is 15.3. The number of ketones is 2. The minimum Gasteiger partial charge on any atom is -0.484 e. The summed E-state index contributed by atoms with van der Waals surface area (Å²) in [4.78, 5) is 25.6. The summed E-state index contributed by atoms with van der Waals surface area (Å²) >= 11 is 4.50. The number of carbonyl (C=O) groups excluding carboxylic acids is 2. The molecule has 0 saturated carbocycles. The zero-order valence-corrected chi connectivity index (χ0v) is 23.9. The average Bonchev–Trinajstić information content (AvgIpc) is 3.04. The van der Waals surface area contributed by atoms with Crippen LogP contribution in [0.1, 0.15) is 38.5 Å². The quantitative estimate of drug-likeness (QED) is 0.184. The number of thiol groups is 1. The fourth-order valence-electron chi connectivity index (χ4n) is 3.66. The molecule has 0 saturated heterocycles. The summed E-state index contributed by atoms with van der Waals surface area (Å²) in [5.74, 6) is 0.931. The summed E-state index contributed by atoms with van der Waals surface area (Å²) in [6.45, 7) is 12.9. The monoisotopic (exact) mass is 508 g/mol. The Kier molecular flexibility index (Phi) is 10.6. The lowest BCUT2D eigenvalue weighted by Gasteiger charge is -2.21. The van der Waals surface area contributed by atoms with E-state index in [0.717, 1.165) is 24.2 Å². The second-order valence-corrected chi connectivity index (χ2v) is 20.1. The molecular weight excluding hydrogens is 469 g/mol. The van der Waals surface area contributed by atoms with E-state index in [1.807, 2.05) is 30.3 Å². The summed E-state index contributed by atoms with van der Waals surface area (Å²) < 4.78 is 18.1. The number of rotatable bonds is 14. The normalized spacial score (nSPS) is 17.7. The van der Waals surface area contributed by atoms with E-state index in [-0.39, 0.29) is 30.4 Å². The molecule has 33 heavy (non-hydrogen) atoms. The van der Waals surface area contributed by atoms with Gasteiger partial charge in [-0.1, -0.05) is 18.6 Å². The van der Waals surface area contributed by atoms with Crippen LogP contribution in [0.5, 0.6) is 5.75 Å². The lowest BCUT2D eigenvalue weighted by Crippen LogP contribution is -2.30. The van der Waals surface area contributed by atoms with Gasteiger partial charge in [-0.15, -0.1) is 12.6 Å². The number of hydrogen-bond donors (Lipinski definition) is 1.